The summed E-state index contributed by atoms with van der Waals surface area (Å²) in [5.74, 6) is 0.912. The number of thiazole rings is 1. The lowest BCUT2D eigenvalue weighted by Crippen LogP contribution is -2.13. The molecule has 20 heavy (non-hydrogen) atoms. The van der Waals surface area contributed by atoms with E-state index < -0.39 is 0 Å². The van der Waals surface area contributed by atoms with Crippen molar-refractivity contribution in [2.45, 2.75) is 33.1 Å². The molecule has 1 aromatic heterocycles. The van der Waals surface area contributed by atoms with E-state index in [-0.39, 0.29) is 5.41 Å². The highest BCUT2D eigenvalue weighted by Crippen LogP contribution is 2.35. The van der Waals surface area contributed by atoms with E-state index in [0.29, 0.717) is 11.6 Å². The van der Waals surface area contributed by atoms with E-state index in [1.54, 1.807) is 0 Å². The molecule has 1 heterocycles. The SMILES string of the molecule is CCOc1ccc(-c2csc(C=O)n2)cc1C(C)(C)C. The summed E-state index contributed by atoms with van der Waals surface area (Å²) in [6.45, 7) is 9.11. The van der Waals surface area contributed by atoms with Gasteiger partial charge in [-0.2, -0.15) is 0 Å². The van der Waals surface area contributed by atoms with Gasteiger partial charge in [0.15, 0.2) is 11.3 Å². The zero-order chi connectivity index (χ0) is 14.8. The molecule has 0 saturated carbocycles. The summed E-state index contributed by atoms with van der Waals surface area (Å²) >= 11 is 1.36. The Balaban J connectivity index is 2.48. The molecule has 0 radical (unpaired) electrons. The molecule has 0 aliphatic carbocycles. The van der Waals surface area contributed by atoms with Crippen molar-refractivity contribution in [1.82, 2.24) is 4.98 Å². The highest BCUT2D eigenvalue weighted by atomic mass is 32.1. The molecule has 0 unspecified atom stereocenters. The Morgan fingerprint density at radius 3 is 2.65 bits per heavy atom. The monoisotopic (exact) mass is 289 g/mol. The molecule has 1 aromatic carbocycles. The van der Waals surface area contributed by atoms with Gasteiger partial charge >= 0.3 is 0 Å². The maximum atomic E-state index is 10.7. The van der Waals surface area contributed by atoms with Gasteiger partial charge in [-0.05, 0) is 30.5 Å². The van der Waals surface area contributed by atoms with Gasteiger partial charge in [-0.15, -0.1) is 11.3 Å². The fraction of sp³-hybridized carbons (Fsp3) is 0.375. The second-order valence-electron chi connectivity index (χ2n) is 5.58. The molecular formula is C16H19NO2S. The second-order valence-corrected chi connectivity index (χ2v) is 6.47. The summed E-state index contributed by atoms with van der Waals surface area (Å²) in [5, 5.41) is 2.41. The Morgan fingerprint density at radius 1 is 1.35 bits per heavy atom. The highest BCUT2D eigenvalue weighted by molar-refractivity contribution is 7.11. The number of hydrogen-bond donors (Lipinski definition) is 0. The average molecular weight is 289 g/mol. The molecular weight excluding hydrogens is 270 g/mol. The summed E-state index contributed by atoms with van der Waals surface area (Å²) in [5.41, 5.74) is 3.00. The van der Waals surface area contributed by atoms with Gasteiger partial charge in [-0.25, -0.2) is 4.98 Å². The van der Waals surface area contributed by atoms with Crippen LogP contribution in [0.3, 0.4) is 0 Å². The summed E-state index contributed by atoms with van der Waals surface area (Å²) < 4.78 is 5.71. The van der Waals surface area contributed by atoms with Crippen molar-refractivity contribution < 1.29 is 9.53 Å². The van der Waals surface area contributed by atoms with E-state index >= 15 is 0 Å². The van der Waals surface area contributed by atoms with Gasteiger partial charge in [0.25, 0.3) is 0 Å². The Morgan fingerprint density at radius 2 is 2.10 bits per heavy atom. The lowest BCUT2D eigenvalue weighted by atomic mass is 9.85. The van der Waals surface area contributed by atoms with Gasteiger partial charge in [0.1, 0.15) is 5.75 Å². The molecule has 0 amide bonds. The van der Waals surface area contributed by atoms with Crippen LogP contribution in [0.4, 0.5) is 0 Å². The van der Waals surface area contributed by atoms with E-state index in [0.717, 1.165) is 28.9 Å². The van der Waals surface area contributed by atoms with Crippen LogP contribution in [-0.2, 0) is 5.41 Å². The zero-order valence-electron chi connectivity index (χ0n) is 12.3. The van der Waals surface area contributed by atoms with Gasteiger partial charge in [-0.3, -0.25) is 4.79 Å². The fourth-order valence-corrected chi connectivity index (χ4v) is 2.66. The third-order valence-corrected chi connectivity index (χ3v) is 3.78. The van der Waals surface area contributed by atoms with E-state index in [1.807, 2.05) is 24.4 Å². The van der Waals surface area contributed by atoms with Crippen molar-refractivity contribution in [3.63, 3.8) is 0 Å². The van der Waals surface area contributed by atoms with Crippen molar-refractivity contribution in [1.29, 1.82) is 0 Å². The van der Waals surface area contributed by atoms with Crippen LogP contribution in [0.25, 0.3) is 11.3 Å². The Labute approximate surface area is 123 Å². The number of aromatic nitrogens is 1. The van der Waals surface area contributed by atoms with Crippen molar-refractivity contribution in [3.05, 3.63) is 34.2 Å². The molecule has 0 fully saturated rings. The summed E-state index contributed by atoms with van der Waals surface area (Å²) in [7, 11) is 0. The first kappa shape index (κ1) is 14.7. The lowest BCUT2D eigenvalue weighted by Gasteiger charge is -2.23. The standard InChI is InChI=1S/C16H19NO2S/c1-5-19-14-7-6-11(8-12(14)16(2,3)4)13-10-20-15(9-18)17-13/h6-10H,5H2,1-4H3. The van der Waals surface area contributed by atoms with Crippen molar-refractivity contribution in [2.24, 2.45) is 0 Å². The zero-order valence-corrected chi connectivity index (χ0v) is 13.1. The number of carbonyl (C=O) groups is 1. The molecule has 2 rings (SSSR count). The van der Waals surface area contributed by atoms with Crippen LogP contribution in [0.1, 0.15) is 43.1 Å². The molecule has 0 bridgehead atoms. The van der Waals surface area contributed by atoms with Crippen LogP contribution >= 0.6 is 11.3 Å². The Bertz CT molecular complexity index is 611. The van der Waals surface area contributed by atoms with E-state index in [2.05, 4.69) is 31.8 Å². The molecule has 3 nitrogen and oxygen atoms in total. The number of benzene rings is 1. The highest BCUT2D eigenvalue weighted by Gasteiger charge is 2.20. The topological polar surface area (TPSA) is 39.2 Å². The van der Waals surface area contributed by atoms with E-state index in [1.165, 1.54) is 11.3 Å². The van der Waals surface area contributed by atoms with Crippen molar-refractivity contribution >= 4 is 17.6 Å². The fourth-order valence-electron chi connectivity index (χ4n) is 2.03. The minimum absolute atomic E-state index is 0.00990. The van der Waals surface area contributed by atoms with Crippen LogP contribution in [0.5, 0.6) is 5.75 Å². The van der Waals surface area contributed by atoms with Crippen molar-refractivity contribution in [3.8, 4) is 17.0 Å². The van der Waals surface area contributed by atoms with E-state index in [4.69, 9.17) is 4.74 Å². The van der Waals surface area contributed by atoms with Gasteiger partial charge in [0, 0.05) is 16.5 Å². The van der Waals surface area contributed by atoms with Crippen LogP contribution in [0.15, 0.2) is 23.6 Å². The second kappa shape index (κ2) is 5.75. The number of ether oxygens (including phenoxy) is 1. The quantitative estimate of drug-likeness (QED) is 0.787. The van der Waals surface area contributed by atoms with Crippen LogP contribution in [-0.4, -0.2) is 17.9 Å². The first-order valence-electron chi connectivity index (χ1n) is 6.64. The minimum atomic E-state index is -0.00990. The molecule has 2 aromatic rings. The minimum Gasteiger partial charge on any atom is -0.494 e. The predicted molar refractivity (Wildman–Crippen MR) is 82.8 cm³/mol. The molecule has 0 N–H and O–H groups in total. The normalized spacial score (nSPS) is 11.4. The molecule has 0 aliphatic heterocycles. The molecule has 4 heteroatoms. The molecule has 0 aliphatic rings. The van der Waals surface area contributed by atoms with Crippen LogP contribution in [0.2, 0.25) is 0 Å². The van der Waals surface area contributed by atoms with Crippen LogP contribution in [0, 0.1) is 0 Å². The number of aldehydes is 1. The largest absolute Gasteiger partial charge is 0.494 e. The molecule has 0 saturated heterocycles. The smallest absolute Gasteiger partial charge is 0.178 e. The number of carbonyl (C=O) groups excluding carboxylic acids is 1. The van der Waals surface area contributed by atoms with Crippen LogP contribution < -0.4 is 4.74 Å². The summed E-state index contributed by atoms with van der Waals surface area (Å²) in [4.78, 5) is 15.1. The lowest BCUT2D eigenvalue weighted by molar-refractivity contribution is 0.112. The van der Waals surface area contributed by atoms with Gasteiger partial charge in [-0.1, -0.05) is 20.8 Å². The Kier molecular flexibility index (Phi) is 4.23. The average Bonchev–Trinajstić information content (AvgIpc) is 2.87. The van der Waals surface area contributed by atoms with Gasteiger partial charge in [0.2, 0.25) is 0 Å². The number of hydrogen-bond acceptors (Lipinski definition) is 4. The molecule has 106 valence electrons. The maximum absolute atomic E-state index is 10.7. The third kappa shape index (κ3) is 3.07. The summed E-state index contributed by atoms with van der Waals surface area (Å²) in [6.07, 6.45) is 0.785. The number of nitrogens with zero attached hydrogens (tertiary/aromatic N) is 1. The first-order valence-corrected chi connectivity index (χ1v) is 7.52. The van der Waals surface area contributed by atoms with Crippen molar-refractivity contribution in [2.75, 3.05) is 6.61 Å². The van der Waals surface area contributed by atoms with E-state index in [9.17, 15) is 4.79 Å². The van der Waals surface area contributed by atoms with Gasteiger partial charge in [0.05, 0.1) is 12.3 Å². The first-order chi connectivity index (χ1) is 9.45. The third-order valence-electron chi connectivity index (χ3n) is 3.01. The summed E-state index contributed by atoms with van der Waals surface area (Å²) in [6, 6.07) is 6.08. The number of rotatable bonds is 4. The maximum Gasteiger partial charge on any atom is 0.178 e. The predicted octanol–water partition coefficient (Wildman–Crippen LogP) is 4.32. The molecule has 0 atom stereocenters. The van der Waals surface area contributed by atoms with Gasteiger partial charge < -0.3 is 4.74 Å². The Hall–Kier alpha value is -1.68. The molecule has 0 spiro atoms.